The van der Waals surface area contributed by atoms with Crippen molar-refractivity contribution in [1.82, 2.24) is 24.4 Å². The Hall–Kier alpha value is -4.40. The zero-order chi connectivity index (χ0) is 32.8. The summed E-state index contributed by atoms with van der Waals surface area (Å²) < 4.78 is 39.9. The summed E-state index contributed by atoms with van der Waals surface area (Å²) in [6.07, 6.45) is 0.808. The molecule has 2 amide bonds. The molecule has 0 radical (unpaired) electrons. The van der Waals surface area contributed by atoms with Crippen molar-refractivity contribution < 1.29 is 27.5 Å². The van der Waals surface area contributed by atoms with Gasteiger partial charge in [-0.3, -0.25) is 14.2 Å². The third kappa shape index (κ3) is 6.73. The molecule has 4 aromatic rings. The van der Waals surface area contributed by atoms with Gasteiger partial charge >= 0.3 is 0 Å². The fourth-order valence-electron chi connectivity index (χ4n) is 5.28. The average Bonchev–Trinajstić information content (AvgIpc) is 3.70. The van der Waals surface area contributed by atoms with E-state index in [2.05, 4.69) is 15.5 Å². The molecule has 1 N–H and O–H groups in total. The molecule has 242 valence electrons. The first-order valence-electron chi connectivity index (χ1n) is 14.8. The van der Waals surface area contributed by atoms with Gasteiger partial charge < -0.3 is 19.7 Å². The SMILES string of the molecule is CCN(CC)S(=O)(=O)c1ccc(C(=O)NCc2nnc(SCC(=O)N3CCc4ccccc43)n2-c2cc(OC)ccc2OC)cc1. The minimum atomic E-state index is -3.65. The number of carbonyl (C=O) groups excluding carboxylic acids is 2. The molecule has 1 aromatic heterocycles. The molecule has 2 heterocycles. The van der Waals surface area contributed by atoms with Crippen LogP contribution in [0.25, 0.3) is 5.69 Å². The Bertz CT molecular complexity index is 1820. The monoisotopic (exact) mass is 664 g/mol. The maximum Gasteiger partial charge on any atom is 0.251 e. The van der Waals surface area contributed by atoms with Crippen LogP contribution in [0.2, 0.25) is 0 Å². The number of fused-ring (bicyclic) bond motifs is 1. The van der Waals surface area contributed by atoms with Crippen LogP contribution < -0.4 is 19.7 Å². The Kier molecular flexibility index (Phi) is 10.3. The minimum absolute atomic E-state index is 0.0142. The third-order valence-electron chi connectivity index (χ3n) is 7.71. The van der Waals surface area contributed by atoms with Crippen molar-refractivity contribution in [1.29, 1.82) is 0 Å². The molecule has 0 saturated carbocycles. The quantitative estimate of drug-likeness (QED) is 0.211. The number of hydrogen-bond donors (Lipinski definition) is 1. The second-order valence-electron chi connectivity index (χ2n) is 10.3. The molecule has 46 heavy (non-hydrogen) atoms. The molecule has 1 aliphatic rings. The molecule has 0 fully saturated rings. The molecule has 5 rings (SSSR count). The van der Waals surface area contributed by atoms with E-state index in [1.165, 1.54) is 40.3 Å². The molecule has 0 aliphatic carbocycles. The number of amides is 2. The third-order valence-corrected chi connectivity index (χ3v) is 10.7. The summed E-state index contributed by atoms with van der Waals surface area (Å²) in [5, 5.41) is 12.0. The highest BCUT2D eigenvalue weighted by atomic mass is 32.2. The standard InChI is InChI=1S/C32H36N6O6S2/c1-5-36(6-2)46(41,42)25-14-11-23(12-15-25)31(40)33-20-29-34-35-32(38(29)27-19-24(43-3)13-16-28(27)44-4)45-21-30(39)37-18-17-22-9-7-8-10-26(22)37/h7-16,19H,5-6,17-18,20-21H2,1-4H3,(H,33,40). The van der Waals surface area contributed by atoms with Crippen molar-refractivity contribution in [2.24, 2.45) is 0 Å². The van der Waals surface area contributed by atoms with Crippen molar-refractivity contribution in [2.75, 3.05) is 44.5 Å². The topological polar surface area (TPSA) is 136 Å². The van der Waals surface area contributed by atoms with E-state index in [0.717, 1.165) is 17.7 Å². The fraction of sp³-hybridized carbons (Fsp3) is 0.312. The van der Waals surface area contributed by atoms with Crippen molar-refractivity contribution >= 4 is 39.3 Å². The fourth-order valence-corrected chi connectivity index (χ4v) is 7.57. The van der Waals surface area contributed by atoms with Gasteiger partial charge in [-0.1, -0.05) is 43.8 Å². The van der Waals surface area contributed by atoms with E-state index in [1.54, 1.807) is 55.7 Å². The zero-order valence-corrected chi connectivity index (χ0v) is 27.7. The normalized spacial score (nSPS) is 12.7. The number of methoxy groups -OCH3 is 2. The van der Waals surface area contributed by atoms with Gasteiger partial charge in [0.1, 0.15) is 11.5 Å². The molecule has 0 saturated heterocycles. The van der Waals surface area contributed by atoms with Gasteiger partial charge in [-0.05, 0) is 54.4 Å². The molecule has 1 aliphatic heterocycles. The van der Waals surface area contributed by atoms with Gasteiger partial charge in [-0.15, -0.1) is 10.2 Å². The highest BCUT2D eigenvalue weighted by Crippen LogP contribution is 2.33. The molecule has 0 unspecified atom stereocenters. The molecule has 0 bridgehead atoms. The second-order valence-corrected chi connectivity index (χ2v) is 13.2. The van der Waals surface area contributed by atoms with Crippen LogP contribution in [0.15, 0.2) is 76.8 Å². The van der Waals surface area contributed by atoms with Crippen LogP contribution in [-0.4, -0.2) is 78.9 Å². The van der Waals surface area contributed by atoms with E-state index < -0.39 is 15.9 Å². The van der Waals surface area contributed by atoms with Gasteiger partial charge in [0.05, 0.1) is 37.1 Å². The number of carbonyl (C=O) groups is 2. The molecular weight excluding hydrogens is 629 g/mol. The molecule has 14 heteroatoms. The van der Waals surface area contributed by atoms with Crippen LogP contribution in [0.5, 0.6) is 11.5 Å². The number of nitrogens with zero attached hydrogens (tertiary/aromatic N) is 5. The highest BCUT2D eigenvalue weighted by molar-refractivity contribution is 7.99. The lowest BCUT2D eigenvalue weighted by Gasteiger charge is -2.18. The van der Waals surface area contributed by atoms with Crippen LogP contribution in [-0.2, 0) is 27.8 Å². The Morgan fingerprint density at radius 3 is 2.39 bits per heavy atom. The minimum Gasteiger partial charge on any atom is -0.497 e. The number of benzene rings is 3. The van der Waals surface area contributed by atoms with Crippen LogP contribution in [0, 0.1) is 0 Å². The maximum atomic E-state index is 13.3. The number of rotatable bonds is 13. The van der Waals surface area contributed by atoms with Gasteiger partial charge in [0.15, 0.2) is 11.0 Å². The van der Waals surface area contributed by atoms with Crippen LogP contribution in [0.4, 0.5) is 5.69 Å². The summed E-state index contributed by atoms with van der Waals surface area (Å²) in [7, 11) is -0.549. The van der Waals surface area contributed by atoms with Crippen LogP contribution >= 0.6 is 11.8 Å². The first-order chi connectivity index (χ1) is 22.2. The number of thioether (sulfide) groups is 1. The zero-order valence-electron chi connectivity index (χ0n) is 26.1. The van der Waals surface area contributed by atoms with E-state index in [9.17, 15) is 18.0 Å². The highest BCUT2D eigenvalue weighted by Gasteiger charge is 2.26. The summed E-state index contributed by atoms with van der Waals surface area (Å²) >= 11 is 1.23. The molecule has 3 aromatic carbocycles. The number of nitrogens with one attached hydrogen (secondary N) is 1. The Morgan fingerprint density at radius 2 is 1.70 bits per heavy atom. The summed E-state index contributed by atoms with van der Waals surface area (Å²) in [5.74, 6) is 1.12. The van der Waals surface area contributed by atoms with Crippen molar-refractivity contribution in [3.8, 4) is 17.2 Å². The summed E-state index contributed by atoms with van der Waals surface area (Å²) in [5.41, 5.74) is 2.92. The van der Waals surface area contributed by atoms with E-state index in [-0.39, 0.29) is 28.7 Å². The summed E-state index contributed by atoms with van der Waals surface area (Å²) in [4.78, 5) is 28.3. The van der Waals surface area contributed by atoms with Gasteiger partial charge in [-0.25, -0.2) is 8.42 Å². The van der Waals surface area contributed by atoms with Gasteiger partial charge in [-0.2, -0.15) is 4.31 Å². The lowest BCUT2D eigenvalue weighted by molar-refractivity contribution is -0.116. The van der Waals surface area contributed by atoms with Gasteiger partial charge in [0.25, 0.3) is 5.91 Å². The Labute approximate surface area is 272 Å². The number of para-hydroxylation sites is 1. The van der Waals surface area contributed by atoms with Crippen LogP contribution in [0.3, 0.4) is 0 Å². The Morgan fingerprint density at radius 1 is 0.957 bits per heavy atom. The molecule has 12 nitrogen and oxygen atoms in total. The van der Waals surface area contributed by atoms with E-state index in [1.807, 2.05) is 24.3 Å². The summed E-state index contributed by atoms with van der Waals surface area (Å²) in [6, 6.07) is 19.0. The number of aromatic nitrogens is 3. The lowest BCUT2D eigenvalue weighted by atomic mass is 10.2. The van der Waals surface area contributed by atoms with E-state index >= 15 is 0 Å². The maximum absolute atomic E-state index is 13.3. The van der Waals surface area contributed by atoms with E-state index in [4.69, 9.17) is 9.47 Å². The Balaban J connectivity index is 1.37. The number of anilines is 1. The van der Waals surface area contributed by atoms with Crippen molar-refractivity contribution in [3.63, 3.8) is 0 Å². The number of sulfonamides is 1. The lowest BCUT2D eigenvalue weighted by Crippen LogP contribution is -2.30. The number of hydrogen-bond acceptors (Lipinski definition) is 9. The van der Waals surface area contributed by atoms with Crippen molar-refractivity contribution in [3.05, 3.63) is 83.7 Å². The van der Waals surface area contributed by atoms with Crippen molar-refractivity contribution in [2.45, 2.75) is 36.9 Å². The molecular formula is C32H36N6O6S2. The first-order valence-corrected chi connectivity index (χ1v) is 17.2. The predicted octanol–water partition coefficient (Wildman–Crippen LogP) is 3.93. The predicted molar refractivity (Wildman–Crippen MR) is 175 cm³/mol. The summed E-state index contributed by atoms with van der Waals surface area (Å²) in [6.45, 7) is 4.85. The number of ether oxygens (including phenoxy) is 2. The van der Waals surface area contributed by atoms with Gasteiger partial charge in [0, 0.05) is 37.0 Å². The first kappa shape index (κ1) is 33.0. The van der Waals surface area contributed by atoms with E-state index in [0.29, 0.717) is 47.8 Å². The smallest absolute Gasteiger partial charge is 0.251 e. The largest absolute Gasteiger partial charge is 0.497 e. The van der Waals surface area contributed by atoms with Gasteiger partial charge in [0.2, 0.25) is 15.9 Å². The molecule has 0 spiro atoms. The molecule has 0 atom stereocenters. The second kappa shape index (κ2) is 14.4. The van der Waals surface area contributed by atoms with Crippen LogP contribution in [0.1, 0.15) is 35.6 Å². The average molecular weight is 665 g/mol.